The zero-order chi connectivity index (χ0) is 19.5. The summed E-state index contributed by atoms with van der Waals surface area (Å²) in [6.45, 7) is 8.14. The molecule has 0 aliphatic heterocycles. The van der Waals surface area contributed by atoms with Crippen LogP contribution >= 0.6 is 0 Å². The number of guanidine groups is 1. The van der Waals surface area contributed by atoms with Gasteiger partial charge in [0.1, 0.15) is 0 Å². The zero-order valence-corrected chi connectivity index (χ0v) is 16.1. The highest BCUT2D eigenvalue weighted by Crippen LogP contribution is 2.12. The summed E-state index contributed by atoms with van der Waals surface area (Å²) in [4.78, 5) is 18.8. The van der Waals surface area contributed by atoms with E-state index in [0.717, 1.165) is 43.1 Å². The summed E-state index contributed by atoms with van der Waals surface area (Å²) in [5, 5.41) is 6.12. The van der Waals surface area contributed by atoms with Crippen LogP contribution in [-0.4, -0.2) is 36.9 Å². The molecule has 0 fully saturated rings. The SMILES string of the molecule is C=CCCCN(C)C(=NCc1ccc(NC(=O)c2ccco2)cc1)NCC. The van der Waals surface area contributed by atoms with Gasteiger partial charge in [-0.1, -0.05) is 18.2 Å². The quantitative estimate of drug-likeness (QED) is 0.305. The molecule has 0 aliphatic carbocycles. The minimum Gasteiger partial charge on any atom is -0.459 e. The van der Waals surface area contributed by atoms with Crippen molar-refractivity contribution in [2.75, 3.05) is 25.5 Å². The third-order valence-corrected chi connectivity index (χ3v) is 3.97. The molecule has 0 spiro atoms. The molecule has 1 aromatic heterocycles. The number of aliphatic imine (C=N–C) groups is 1. The molecular weight excluding hydrogens is 340 g/mol. The second-order valence-corrected chi connectivity index (χ2v) is 6.15. The third-order valence-electron chi connectivity index (χ3n) is 3.97. The van der Waals surface area contributed by atoms with E-state index in [2.05, 4.69) is 29.0 Å². The van der Waals surface area contributed by atoms with Crippen molar-refractivity contribution in [1.29, 1.82) is 0 Å². The number of carbonyl (C=O) groups excluding carboxylic acids is 1. The van der Waals surface area contributed by atoms with Crippen molar-refractivity contribution in [3.63, 3.8) is 0 Å². The molecule has 144 valence electrons. The highest BCUT2D eigenvalue weighted by Gasteiger charge is 2.08. The summed E-state index contributed by atoms with van der Waals surface area (Å²) < 4.78 is 5.09. The van der Waals surface area contributed by atoms with Crippen molar-refractivity contribution in [2.24, 2.45) is 4.99 Å². The number of hydrogen-bond donors (Lipinski definition) is 2. The van der Waals surface area contributed by atoms with Crippen LogP contribution in [0.3, 0.4) is 0 Å². The van der Waals surface area contributed by atoms with Crippen LogP contribution in [0.2, 0.25) is 0 Å². The van der Waals surface area contributed by atoms with Crippen LogP contribution in [0.5, 0.6) is 0 Å². The van der Waals surface area contributed by atoms with Crippen molar-refractivity contribution in [1.82, 2.24) is 10.2 Å². The van der Waals surface area contributed by atoms with Gasteiger partial charge in [0.25, 0.3) is 5.91 Å². The molecule has 6 heteroatoms. The fourth-order valence-corrected chi connectivity index (χ4v) is 2.51. The first-order valence-corrected chi connectivity index (χ1v) is 9.18. The van der Waals surface area contributed by atoms with Gasteiger partial charge >= 0.3 is 0 Å². The molecule has 0 unspecified atom stereocenters. The summed E-state index contributed by atoms with van der Waals surface area (Å²) in [5.74, 6) is 0.913. The largest absolute Gasteiger partial charge is 0.459 e. The Morgan fingerprint density at radius 1 is 1.30 bits per heavy atom. The van der Waals surface area contributed by atoms with Gasteiger partial charge in [0, 0.05) is 25.8 Å². The number of allylic oxidation sites excluding steroid dienone is 1. The Morgan fingerprint density at radius 3 is 2.70 bits per heavy atom. The van der Waals surface area contributed by atoms with E-state index in [1.165, 1.54) is 6.26 Å². The Hall–Kier alpha value is -3.02. The van der Waals surface area contributed by atoms with E-state index in [4.69, 9.17) is 9.41 Å². The third kappa shape index (κ3) is 6.66. The van der Waals surface area contributed by atoms with Gasteiger partial charge in [0.2, 0.25) is 0 Å². The molecule has 2 N–H and O–H groups in total. The van der Waals surface area contributed by atoms with Gasteiger partial charge in [-0.2, -0.15) is 0 Å². The molecular formula is C21H28N4O2. The number of benzene rings is 1. The molecule has 0 saturated heterocycles. The summed E-state index contributed by atoms with van der Waals surface area (Å²) in [5.41, 5.74) is 1.79. The number of carbonyl (C=O) groups is 1. The number of anilines is 1. The molecule has 0 atom stereocenters. The van der Waals surface area contributed by atoms with Gasteiger partial charge in [0.05, 0.1) is 12.8 Å². The molecule has 2 rings (SSSR count). The first kappa shape index (κ1) is 20.3. The summed E-state index contributed by atoms with van der Waals surface area (Å²) in [6, 6.07) is 11.0. The number of hydrogen-bond acceptors (Lipinski definition) is 3. The van der Waals surface area contributed by atoms with E-state index in [1.807, 2.05) is 37.4 Å². The number of unbranched alkanes of at least 4 members (excludes halogenated alkanes) is 1. The normalized spacial score (nSPS) is 11.1. The van der Waals surface area contributed by atoms with Crippen LogP contribution in [0.15, 0.2) is 64.7 Å². The summed E-state index contributed by atoms with van der Waals surface area (Å²) >= 11 is 0. The van der Waals surface area contributed by atoms with Gasteiger partial charge in [-0.15, -0.1) is 6.58 Å². The Bertz CT molecular complexity index is 736. The molecule has 6 nitrogen and oxygen atoms in total. The van der Waals surface area contributed by atoms with Gasteiger partial charge in [-0.25, -0.2) is 4.99 Å². The Labute approximate surface area is 161 Å². The van der Waals surface area contributed by atoms with Crippen LogP contribution in [0, 0.1) is 0 Å². The maximum Gasteiger partial charge on any atom is 0.291 e. The van der Waals surface area contributed by atoms with Gasteiger partial charge < -0.3 is 20.0 Å². The van der Waals surface area contributed by atoms with Crippen LogP contribution < -0.4 is 10.6 Å². The lowest BCUT2D eigenvalue weighted by atomic mass is 10.2. The van der Waals surface area contributed by atoms with Gasteiger partial charge in [0.15, 0.2) is 11.7 Å². The lowest BCUT2D eigenvalue weighted by Crippen LogP contribution is -2.39. The highest BCUT2D eigenvalue weighted by atomic mass is 16.3. The maximum absolute atomic E-state index is 12.0. The van der Waals surface area contributed by atoms with E-state index in [-0.39, 0.29) is 5.91 Å². The molecule has 0 aliphatic rings. The van der Waals surface area contributed by atoms with Crippen LogP contribution in [0.25, 0.3) is 0 Å². The van der Waals surface area contributed by atoms with E-state index in [9.17, 15) is 4.79 Å². The molecule has 27 heavy (non-hydrogen) atoms. The first-order chi connectivity index (χ1) is 13.1. The topological polar surface area (TPSA) is 69.9 Å². The van der Waals surface area contributed by atoms with Crippen molar-refractivity contribution in [3.8, 4) is 0 Å². The van der Waals surface area contributed by atoms with Crippen molar-refractivity contribution in [3.05, 3.63) is 66.6 Å². The fourth-order valence-electron chi connectivity index (χ4n) is 2.51. The number of rotatable bonds is 9. The average molecular weight is 368 g/mol. The first-order valence-electron chi connectivity index (χ1n) is 9.18. The predicted octanol–water partition coefficient (Wildman–Crippen LogP) is 3.90. The van der Waals surface area contributed by atoms with Crippen LogP contribution in [0.4, 0.5) is 5.69 Å². The Morgan fingerprint density at radius 2 is 2.07 bits per heavy atom. The molecule has 1 heterocycles. The standard InChI is InChI=1S/C21H28N4O2/c1-4-6-7-14-25(3)21(22-5-2)23-16-17-10-12-18(13-11-17)24-20(26)19-9-8-15-27-19/h4,8-13,15H,1,5-7,14,16H2,2-3H3,(H,22,23)(H,24,26). The van der Waals surface area contributed by atoms with Gasteiger partial charge in [-0.3, -0.25) is 4.79 Å². The van der Waals surface area contributed by atoms with Crippen molar-refractivity contribution >= 4 is 17.6 Å². The van der Waals surface area contributed by atoms with E-state index >= 15 is 0 Å². The molecule has 0 radical (unpaired) electrons. The summed E-state index contributed by atoms with van der Waals surface area (Å²) in [7, 11) is 2.04. The lowest BCUT2D eigenvalue weighted by Gasteiger charge is -2.21. The molecule has 1 amide bonds. The molecule has 2 aromatic rings. The highest BCUT2D eigenvalue weighted by molar-refractivity contribution is 6.02. The van der Waals surface area contributed by atoms with E-state index in [1.54, 1.807) is 12.1 Å². The monoisotopic (exact) mass is 368 g/mol. The van der Waals surface area contributed by atoms with Crippen LogP contribution in [-0.2, 0) is 6.54 Å². The van der Waals surface area contributed by atoms with E-state index in [0.29, 0.717) is 12.3 Å². The average Bonchev–Trinajstić information content (AvgIpc) is 3.21. The smallest absolute Gasteiger partial charge is 0.291 e. The fraction of sp³-hybridized carbons (Fsp3) is 0.333. The molecule has 0 bridgehead atoms. The van der Waals surface area contributed by atoms with Gasteiger partial charge in [-0.05, 0) is 49.6 Å². The summed E-state index contributed by atoms with van der Waals surface area (Å²) in [6.07, 6.45) is 5.46. The number of furan rings is 1. The minimum atomic E-state index is -0.263. The second-order valence-electron chi connectivity index (χ2n) is 6.15. The van der Waals surface area contributed by atoms with Crippen LogP contribution in [0.1, 0.15) is 35.9 Å². The Kier molecular flexibility index (Phi) is 8.16. The molecule has 0 saturated carbocycles. The predicted molar refractivity (Wildman–Crippen MR) is 110 cm³/mol. The molecule has 1 aromatic carbocycles. The van der Waals surface area contributed by atoms with E-state index < -0.39 is 0 Å². The zero-order valence-electron chi connectivity index (χ0n) is 16.1. The minimum absolute atomic E-state index is 0.263. The van der Waals surface area contributed by atoms with Crippen molar-refractivity contribution in [2.45, 2.75) is 26.3 Å². The Balaban J connectivity index is 1.93. The van der Waals surface area contributed by atoms with Crippen molar-refractivity contribution < 1.29 is 9.21 Å². The second kappa shape index (κ2) is 10.9. The number of amides is 1. The number of nitrogens with one attached hydrogen (secondary N) is 2. The number of nitrogens with zero attached hydrogens (tertiary/aromatic N) is 2. The lowest BCUT2D eigenvalue weighted by molar-refractivity contribution is 0.0996. The maximum atomic E-state index is 12.0.